The van der Waals surface area contributed by atoms with Crippen LogP contribution >= 0.6 is 0 Å². The van der Waals surface area contributed by atoms with Crippen LogP contribution in [0.15, 0.2) is 85.5 Å². The number of allylic oxidation sites excluding steroid dienone is 1. The highest BCUT2D eigenvalue weighted by Crippen LogP contribution is 2.52. The van der Waals surface area contributed by atoms with Gasteiger partial charge in [-0.15, -0.1) is 0 Å². The summed E-state index contributed by atoms with van der Waals surface area (Å²) in [5, 5.41) is 0. The fourth-order valence-corrected chi connectivity index (χ4v) is 6.87. The highest BCUT2D eigenvalue weighted by atomic mass is 16.5. The number of rotatable bonds is 4. The van der Waals surface area contributed by atoms with Crippen molar-refractivity contribution in [1.82, 2.24) is 0 Å². The van der Waals surface area contributed by atoms with E-state index in [1.54, 1.807) is 7.11 Å². The molecule has 1 atom stereocenters. The van der Waals surface area contributed by atoms with Gasteiger partial charge in [0, 0.05) is 27.8 Å². The summed E-state index contributed by atoms with van der Waals surface area (Å²) in [4.78, 5) is 30.7. The zero-order valence-corrected chi connectivity index (χ0v) is 24.5. The number of hydrogen-bond donors (Lipinski definition) is 0. The van der Waals surface area contributed by atoms with Crippen molar-refractivity contribution in [3.63, 3.8) is 0 Å². The van der Waals surface area contributed by atoms with Crippen LogP contribution in [0, 0.1) is 0 Å². The smallest absolute Gasteiger partial charge is 0.259 e. The molecule has 0 fully saturated rings. The van der Waals surface area contributed by atoms with Gasteiger partial charge in [-0.05, 0) is 106 Å². The largest absolute Gasteiger partial charge is 0.497 e. The third kappa shape index (κ3) is 4.25. The molecule has 5 heteroatoms. The van der Waals surface area contributed by atoms with E-state index in [2.05, 4.69) is 78.5 Å². The number of benzene rings is 3. The van der Waals surface area contributed by atoms with Crippen LogP contribution in [0.25, 0.3) is 5.57 Å². The molecule has 0 aliphatic carbocycles. The lowest BCUT2D eigenvalue weighted by atomic mass is 9.64. The van der Waals surface area contributed by atoms with Gasteiger partial charge in [0.1, 0.15) is 5.75 Å². The van der Waals surface area contributed by atoms with Crippen LogP contribution in [0.1, 0.15) is 75.0 Å². The molecule has 5 nitrogen and oxygen atoms in total. The summed E-state index contributed by atoms with van der Waals surface area (Å²) >= 11 is 0. The minimum atomic E-state index is -0.509. The molecule has 0 aromatic heterocycles. The van der Waals surface area contributed by atoms with Crippen molar-refractivity contribution in [2.45, 2.75) is 64.5 Å². The number of carbonyl (C=O) groups excluding carboxylic acids is 2. The lowest BCUT2D eigenvalue weighted by molar-refractivity contribution is -0.115. The summed E-state index contributed by atoms with van der Waals surface area (Å²) in [6.45, 7) is 16.5. The van der Waals surface area contributed by atoms with Crippen LogP contribution in [0.3, 0.4) is 0 Å². The predicted molar refractivity (Wildman–Crippen MR) is 163 cm³/mol. The van der Waals surface area contributed by atoms with Crippen LogP contribution in [-0.4, -0.2) is 30.0 Å². The molecule has 2 heterocycles. The number of amides is 2. The first kappa shape index (κ1) is 27.4. The maximum atomic E-state index is 13.9. The number of fused-ring (bicyclic) bond motifs is 2. The molecule has 206 valence electrons. The SMILES string of the molecule is C=CC(=O)N1c2ccccc2C(C)(c2ccc3c(c2)C(C)=CC(C)(C)N3C(=O)c2ccc(OC)cc2)CC1(C)C. The zero-order valence-electron chi connectivity index (χ0n) is 24.5. The summed E-state index contributed by atoms with van der Waals surface area (Å²) < 4.78 is 5.29. The highest BCUT2D eigenvalue weighted by Gasteiger charge is 2.47. The van der Waals surface area contributed by atoms with Gasteiger partial charge in [0.25, 0.3) is 11.8 Å². The fraction of sp³-hybridized carbons (Fsp3) is 0.314. The monoisotopic (exact) mass is 534 g/mol. The summed E-state index contributed by atoms with van der Waals surface area (Å²) in [6.07, 6.45) is 4.30. The lowest BCUT2D eigenvalue weighted by Gasteiger charge is -2.51. The molecule has 3 aromatic rings. The first-order chi connectivity index (χ1) is 18.8. The second-order valence-corrected chi connectivity index (χ2v) is 12.3. The number of methoxy groups -OCH3 is 1. The second kappa shape index (κ2) is 9.51. The van der Waals surface area contributed by atoms with E-state index >= 15 is 0 Å². The molecule has 2 amide bonds. The van der Waals surface area contributed by atoms with Gasteiger partial charge < -0.3 is 9.64 Å². The number of carbonyl (C=O) groups is 2. The van der Waals surface area contributed by atoms with Gasteiger partial charge in [-0.2, -0.15) is 0 Å². The van der Waals surface area contributed by atoms with Gasteiger partial charge in [-0.25, -0.2) is 0 Å². The molecule has 0 saturated heterocycles. The minimum Gasteiger partial charge on any atom is -0.497 e. The molecule has 0 N–H and O–H groups in total. The van der Waals surface area contributed by atoms with Gasteiger partial charge in [0.15, 0.2) is 0 Å². The molecule has 0 bridgehead atoms. The Kier molecular flexibility index (Phi) is 6.53. The van der Waals surface area contributed by atoms with E-state index in [0.717, 1.165) is 40.1 Å². The van der Waals surface area contributed by atoms with Crippen molar-refractivity contribution in [2.75, 3.05) is 16.9 Å². The maximum absolute atomic E-state index is 13.9. The molecular formula is C35H38N2O3. The Labute approximate surface area is 237 Å². The van der Waals surface area contributed by atoms with Crippen molar-refractivity contribution in [3.05, 3.63) is 108 Å². The van der Waals surface area contributed by atoms with E-state index in [0.29, 0.717) is 11.3 Å². The van der Waals surface area contributed by atoms with E-state index < -0.39 is 11.1 Å². The summed E-state index contributed by atoms with van der Waals surface area (Å²) in [5.74, 6) is 0.561. The van der Waals surface area contributed by atoms with Crippen LogP contribution in [0.4, 0.5) is 11.4 Å². The van der Waals surface area contributed by atoms with E-state index in [1.807, 2.05) is 52.3 Å². The van der Waals surface area contributed by atoms with Crippen molar-refractivity contribution < 1.29 is 14.3 Å². The van der Waals surface area contributed by atoms with E-state index in [4.69, 9.17) is 4.74 Å². The van der Waals surface area contributed by atoms with Crippen LogP contribution < -0.4 is 14.5 Å². The number of ether oxygens (including phenoxy) is 1. The van der Waals surface area contributed by atoms with E-state index in [-0.39, 0.29) is 17.2 Å². The Morgan fingerprint density at radius 2 is 1.57 bits per heavy atom. The average molecular weight is 535 g/mol. The lowest BCUT2D eigenvalue weighted by Crippen LogP contribution is -2.55. The van der Waals surface area contributed by atoms with Crippen molar-refractivity contribution in [2.24, 2.45) is 0 Å². The zero-order chi connectivity index (χ0) is 29.0. The quantitative estimate of drug-likeness (QED) is 0.325. The number of nitrogens with zero attached hydrogens (tertiary/aromatic N) is 2. The molecule has 5 rings (SSSR count). The Balaban J connectivity index is 1.64. The Bertz CT molecular complexity index is 1550. The fourth-order valence-electron chi connectivity index (χ4n) is 6.87. The summed E-state index contributed by atoms with van der Waals surface area (Å²) in [6, 6.07) is 21.9. The second-order valence-electron chi connectivity index (χ2n) is 12.3. The molecule has 1 unspecified atom stereocenters. The molecule has 0 radical (unpaired) electrons. The minimum absolute atomic E-state index is 0.0562. The van der Waals surface area contributed by atoms with Crippen LogP contribution in [0.2, 0.25) is 0 Å². The number of para-hydroxylation sites is 1. The molecular weight excluding hydrogens is 496 g/mol. The molecule has 40 heavy (non-hydrogen) atoms. The van der Waals surface area contributed by atoms with Gasteiger partial charge in [0.2, 0.25) is 0 Å². The van der Waals surface area contributed by atoms with Gasteiger partial charge in [0.05, 0.1) is 18.3 Å². The Morgan fingerprint density at radius 1 is 0.900 bits per heavy atom. The normalized spacial score (nSPS) is 20.6. The van der Waals surface area contributed by atoms with Gasteiger partial charge in [-0.1, -0.05) is 43.8 Å². The standard InChI is InChI=1S/C35H38N2O3/c1-9-31(38)36-30-13-11-10-12-28(30)35(7,22-34(36,5)6)25-16-19-29-27(20-25)23(2)21-33(3,4)37(29)32(39)24-14-17-26(40-8)18-15-24/h9-21H,1,22H2,2-8H3. The molecule has 2 aliphatic heterocycles. The van der Waals surface area contributed by atoms with Crippen LogP contribution in [0.5, 0.6) is 5.75 Å². The van der Waals surface area contributed by atoms with Gasteiger partial charge in [-0.3, -0.25) is 14.5 Å². The van der Waals surface area contributed by atoms with Gasteiger partial charge >= 0.3 is 0 Å². The molecule has 0 spiro atoms. The predicted octanol–water partition coefficient (Wildman–Crippen LogP) is 7.54. The maximum Gasteiger partial charge on any atom is 0.259 e. The van der Waals surface area contributed by atoms with E-state index in [9.17, 15) is 9.59 Å². The van der Waals surface area contributed by atoms with Crippen molar-refractivity contribution >= 4 is 28.8 Å². The van der Waals surface area contributed by atoms with Crippen molar-refractivity contribution in [1.29, 1.82) is 0 Å². The Morgan fingerprint density at radius 3 is 2.23 bits per heavy atom. The molecule has 2 aliphatic rings. The average Bonchev–Trinajstić information content (AvgIpc) is 2.91. The first-order valence-electron chi connectivity index (χ1n) is 13.7. The van der Waals surface area contributed by atoms with Crippen molar-refractivity contribution in [3.8, 4) is 5.75 Å². The highest BCUT2D eigenvalue weighted by molar-refractivity contribution is 6.10. The third-order valence-electron chi connectivity index (χ3n) is 8.51. The molecule has 3 aromatic carbocycles. The van der Waals surface area contributed by atoms with Crippen LogP contribution in [-0.2, 0) is 10.2 Å². The number of hydrogen-bond acceptors (Lipinski definition) is 3. The first-order valence-corrected chi connectivity index (χ1v) is 13.7. The third-order valence-corrected chi connectivity index (χ3v) is 8.51. The van der Waals surface area contributed by atoms with E-state index in [1.165, 1.54) is 6.08 Å². The number of anilines is 2. The summed E-state index contributed by atoms with van der Waals surface area (Å²) in [7, 11) is 1.62. The summed E-state index contributed by atoms with van der Waals surface area (Å²) in [5.41, 5.74) is 5.55. The Hall–Kier alpha value is -4.12. The topological polar surface area (TPSA) is 49.9 Å². The molecule has 0 saturated carbocycles.